The van der Waals surface area contributed by atoms with E-state index >= 15 is 0 Å². The lowest BCUT2D eigenvalue weighted by Crippen LogP contribution is -2.29. The summed E-state index contributed by atoms with van der Waals surface area (Å²) in [4.78, 5) is 2.10. The summed E-state index contributed by atoms with van der Waals surface area (Å²) in [5.41, 5.74) is 1.70. The first kappa shape index (κ1) is 16.2. The zero-order valence-corrected chi connectivity index (χ0v) is 14.6. The summed E-state index contributed by atoms with van der Waals surface area (Å²) >= 11 is 3.52. The molecule has 0 spiro atoms. The number of rotatable bonds is 5. The monoisotopic (exact) mass is 351 g/mol. The van der Waals surface area contributed by atoms with E-state index in [1.807, 2.05) is 56.9 Å². The van der Waals surface area contributed by atoms with Crippen molar-refractivity contribution in [2.24, 2.45) is 0 Å². The highest BCUT2D eigenvalue weighted by Crippen LogP contribution is 2.34. The number of aromatic nitrogens is 2. The van der Waals surface area contributed by atoms with Gasteiger partial charge in [-0.3, -0.25) is 4.68 Å². The molecule has 114 valence electrons. The molecule has 1 heterocycles. The van der Waals surface area contributed by atoms with Crippen LogP contribution in [0.4, 0.5) is 0 Å². The molecule has 0 bridgehead atoms. The summed E-state index contributed by atoms with van der Waals surface area (Å²) in [5.74, 6) is 0. The van der Waals surface area contributed by atoms with Crippen LogP contribution in [0, 0.1) is 6.92 Å². The Balaban J connectivity index is 2.42. The molecule has 1 N–H and O–H groups in total. The fourth-order valence-corrected chi connectivity index (χ4v) is 3.08. The maximum atomic E-state index is 11.1. The summed E-state index contributed by atoms with van der Waals surface area (Å²) in [6, 6.07) is 7.95. The first-order valence-corrected chi connectivity index (χ1v) is 7.77. The zero-order chi connectivity index (χ0) is 15.6. The van der Waals surface area contributed by atoms with E-state index in [1.165, 1.54) is 0 Å². The van der Waals surface area contributed by atoms with E-state index in [-0.39, 0.29) is 0 Å². The fourth-order valence-electron chi connectivity index (χ4n) is 2.40. The van der Waals surface area contributed by atoms with Crippen LogP contribution in [-0.4, -0.2) is 40.4 Å². The largest absolute Gasteiger partial charge is 0.379 e. The first-order valence-electron chi connectivity index (χ1n) is 6.98. The van der Waals surface area contributed by atoms with Crippen molar-refractivity contribution >= 4 is 15.9 Å². The van der Waals surface area contributed by atoms with Crippen molar-refractivity contribution in [1.82, 2.24) is 14.7 Å². The third kappa shape index (κ3) is 3.54. The molecule has 2 rings (SSSR count). The van der Waals surface area contributed by atoms with Gasteiger partial charge in [-0.05, 0) is 49.4 Å². The van der Waals surface area contributed by atoms with Crippen molar-refractivity contribution in [3.05, 3.63) is 51.8 Å². The molecule has 1 unspecified atom stereocenters. The molecule has 0 radical (unpaired) electrons. The molecular weight excluding hydrogens is 330 g/mol. The molecule has 2 aromatic rings. The van der Waals surface area contributed by atoms with Crippen molar-refractivity contribution in [3.8, 4) is 0 Å². The Hall–Kier alpha value is -1.17. The summed E-state index contributed by atoms with van der Waals surface area (Å²) < 4.78 is 2.69. The SMILES string of the molecule is Cc1cccc(C(C)(O)c2c(Br)cnn2CCN(C)C)c1. The highest BCUT2D eigenvalue weighted by atomic mass is 79.9. The van der Waals surface area contributed by atoms with Crippen LogP contribution in [0.15, 0.2) is 34.9 Å². The predicted molar refractivity (Wildman–Crippen MR) is 88.3 cm³/mol. The molecule has 0 amide bonds. The lowest BCUT2D eigenvalue weighted by atomic mass is 9.91. The Bertz CT molecular complexity index is 620. The van der Waals surface area contributed by atoms with Crippen LogP contribution >= 0.6 is 15.9 Å². The third-order valence-corrected chi connectivity index (χ3v) is 4.18. The quantitative estimate of drug-likeness (QED) is 0.900. The number of halogens is 1. The molecule has 1 aromatic heterocycles. The second kappa shape index (κ2) is 6.30. The van der Waals surface area contributed by atoms with Crippen LogP contribution in [0.5, 0.6) is 0 Å². The third-order valence-electron chi connectivity index (χ3n) is 3.60. The average Bonchev–Trinajstić information content (AvgIpc) is 2.78. The second-order valence-electron chi connectivity index (χ2n) is 5.81. The highest BCUT2D eigenvalue weighted by molar-refractivity contribution is 9.10. The summed E-state index contributed by atoms with van der Waals surface area (Å²) in [5, 5.41) is 15.5. The molecule has 4 nitrogen and oxygen atoms in total. The number of aliphatic hydroxyl groups is 1. The van der Waals surface area contributed by atoms with Gasteiger partial charge in [0.25, 0.3) is 0 Å². The average molecular weight is 352 g/mol. The Morgan fingerprint density at radius 1 is 1.38 bits per heavy atom. The molecule has 1 atom stereocenters. The topological polar surface area (TPSA) is 41.3 Å². The highest BCUT2D eigenvalue weighted by Gasteiger charge is 2.32. The van der Waals surface area contributed by atoms with Crippen molar-refractivity contribution < 1.29 is 5.11 Å². The first-order chi connectivity index (χ1) is 9.82. The van der Waals surface area contributed by atoms with Crippen LogP contribution < -0.4 is 0 Å². The molecule has 0 saturated carbocycles. The number of hydrogen-bond donors (Lipinski definition) is 1. The number of aryl methyl sites for hydroxylation is 1. The van der Waals surface area contributed by atoms with Crippen LogP contribution in [0.1, 0.15) is 23.7 Å². The van der Waals surface area contributed by atoms with Crippen molar-refractivity contribution in [2.45, 2.75) is 26.0 Å². The standard InChI is InChI=1S/C16H22BrN3O/c1-12-6-5-7-13(10-12)16(2,21)15-14(17)11-18-20(15)9-8-19(3)4/h5-7,10-11,21H,8-9H2,1-4H3. The van der Waals surface area contributed by atoms with Crippen LogP contribution in [0.3, 0.4) is 0 Å². The summed E-state index contributed by atoms with van der Waals surface area (Å²) in [6.07, 6.45) is 1.75. The van der Waals surface area contributed by atoms with Gasteiger partial charge in [0.15, 0.2) is 0 Å². The summed E-state index contributed by atoms with van der Waals surface area (Å²) in [6.45, 7) is 5.44. The van der Waals surface area contributed by atoms with Gasteiger partial charge >= 0.3 is 0 Å². The zero-order valence-electron chi connectivity index (χ0n) is 13.0. The normalized spacial score (nSPS) is 14.4. The molecule has 0 fully saturated rings. The second-order valence-corrected chi connectivity index (χ2v) is 6.66. The minimum atomic E-state index is -1.09. The predicted octanol–water partition coefficient (Wildman–Crippen LogP) is 2.77. The van der Waals surface area contributed by atoms with Gasteiger partial charge in [0, 0.05) is 6.54 Å². The Morgan fingerprint density at radius 3 is 2.71 bits per heavy atom. The van der Waals surface area contributed by atoms with Gasteiger partial charge in [0.2, 0.25) is 0 Å². The van der Waals surface area contributed by atoms with Crippen molar-refractivity contribution in [2.75, 3.05) is 20.6 Å². The molecule has 1 aromatic carbocycles. The maximum Gasteiger partial charge on any atom is 0.129 e. The molecule has 0 aliphatic heterocycles. The summed E-state index contributed by atoms with van der Waals surface area (Å²) in [7, 11) is 4.05. The molecular formula is C16H22BrN3O. The smallest absolute Gasteiger partial charge is 0.129 e. The lowest BCUT2D eigenvalue weighted by molar-refractivity contribution is 0.0900. The van der Waals surface area contributed by atoms with E-state index in [1.54, 1.807) is 6.20 Å². The van der Waals surface area contributed by atoms with Gasteiger partial charge < -0.3 is 10.0 Å². The van der Waals surface area contributed by atoms with Crippen LogP contribution in [-0.2, 0) is 12.1 Å². The van der Waals surface area contributed by atoms with E-state index in [9.17, 15) is 5.11 Å². The molecule has 0 aliphatic rings. The maximum absolute atomic E-state index is 11.1. The van der Waals surface area contributed by atoms with Crippen LogP contribution in [0.25, 0.3) is 0 Å². The number of likely N-dealkylation sites (N-methyl/N-ethyl adjacent to an activating group) is 1. The number of benzene rings is 1. The van der Waals surface area contributed by atoms with Gasteiger partial charge in [0.1, 0.15) is 5.60 Å². The Labute approximate surface area is 134 Å². The van der Waals surface area contributed by atoms with Crippen molar-refractivity contribution in [3.63, 3.8) is 0 Å². The van der Waals surface area contributed by atoms with Crippen molar-refractivity contribution in [1.29, 1.82) is 0 Å². The lowest BCUT2D eigenvalue weighted by Gasteiger charge is -2.26. The van der Waals surface area contributed by atoms with E-state index < -0.39 is 5.60 Å². The minimum Gasteiger partial charge on any atom is -0.379 e. The fraction of sp³-hybridized carbons (Fsp3) is 0.438. The molecule has 0 saturated heterocycles. The minimum absolute atomic E-state index is 0.732. The number of hydrogen-bond acceptors (Lipinski definition) is 3. The van der Waals surface area contributed by atoms with E-state index in [2.05, 4.69) is 25.9 Å². The Kier molecular flexibility index (Phi) is 4.86. The Morgan fingerprint density at radius 2 is 2.10 bits per heavy atom. The van der Waals surface area contributed by atoms with Crippen LogP contribution in [0.2, 0.25) is 0 Å². The van der Waals surface area contributed by atoms with E-state index in [0.717, 1.165) is 34.4 Å². The van der Waals surface area contributed by atoms with Gasteiger partial charge in [-0.15, -0.1) is 0 Å². The molecule has 21 heavy (non-hydrogen) atoms. The molecule has 0 aliphatic carbocycles. The number of nitrogens with zero attached hydrogens (tertiary/aromatic N) is 3. The van der Waals surface area contributed by atoms with E-state index in [0.29, 0.717) is 0 Å². The van der Waals surface area contributed by atoms with Gasteiger partial charge in [0.05, 0.1) is 22.9 Å². The molecule has 5 heteroatoms. The van der Waals surface area contributed by atoms with Gasteiger partial charge in [-0.1, -0.05) is 29.8 Å². The van der Waals surface area contributed by atoms with E-state index in [4.69, 9.17) is 0 Å². The van der Waals surface area contributed by atoms with Gasteiger partial charge in [-0.2, -0.15) is 5.10 Å². The van der Waals surface area contributed by atoms with Gasteiger partial charge in [-0.25, -0.2) is 0 Å².